The van der Waals surface area contributed by atoms with Crippen LogP contribution in [0.25, 0.3) is 11.0 Å². The molecule has 2 heterocycles. The number of ketones is 1. The third-order valence-corrected chi connectivity index (χ3v) is 4.33. The van der Waals surface area contributed by atoms with Gasteiger partial charge in [0.15, 0.2) is 11.4 Å². The van der Waals surface area contributed by atoms with E-state index < -0.39 is 28.5 Å². The van der Waals surface area contributed by atoms with Crippen LogP contribution < -0.4 is 0 Å². The first-order valence-electron chi connectivity index (χ1n) is 6.63. The lowest BCUT2D eigenvalue weighted by Gasteiger charge is -2.00. The number of nitrogens with zero attached hydrogens (tertiary/aromatic N) is 1. The highest BCUT2D eigenvalue weighted by Gasteiger charge is 2.33. The van der Waals surface area contributed by atoms with E-state index in [1.165, 1.54) is 6.07 Å². The van der Waals surface area contributed by atoms with Crippen LogP contribution in [0.5, 0.6) is 0 Å². The lowest BCUT2D eigenvalue weighted by atomic mass is 10.1. The van der Waals surface area contributed by atoms with Crippen molar-refractivity contribution < 1.29 is 31.2 Å². The quantitative estimate of drug-likeness (QED) is 0.641. The number of benzene rings is 1. The number of alkyl halides is 3. The van der Waals surface area contributed by atoms with E-state index in [1.54, 1.807) is 0 Å². The van der Waals surface area contributed by atoms with Crippen molar-refractivity contribution in [3.63, 3.8) is 0 Å². The molecule has 0 radical (unpaired) electrons. The highest BCUT2D eigenvalue weighted by Crippen LogP contribution is 2.33. The summed E-state index contributed by atoms with van der Waals surface area (Å²) in [6.07, 6.45) is -3.15. The number of thiazole rings is 1. The van der Waals surface area contributed by atoms with Crippen molar-refractivity contribution in [1.82, 2.24) is 4.98 Å². The van der Waals surface area contributed by atoms with E-state index >= 15 is 0 Å². The van der Waals surface area contributed by atoms with Crippen LogP contribution in [-0.4, -0.2) is 10.8 Å². The van der Waals surface area contributed by atoms with Crippen molar-refractivity contribution in [2.24, 2.45) is 0 Å². The van der Waals surface area contributed by atoms with Gasteiger partial charge in [-0.2, -0.15) is 17.6 Å². The molecule has 3 aromatic rings. The Balaban J connectivity index is 1.76. The molecule has 0 fully saturated rings. The predicted octanol–water partition coefficient (Wildman–Crippen LogP) is 4.54. The van der Waals surface area contributed by atoms with E-state index in [-0.39, 0.29) is 28.8 Å². The second-order valence-electron chi connectivity index (χ2n) is 5.01. The van der Waals surface area contributed by atoms with Gasteiger partial charge in [0, 0.05) is 17.4 Å². The molecule has 0 spiro atoms. The number of Topliss-reactive ketones (excluding diaryl/α,β-unsaturated/α-hetero) is 1. The van der Waals surface area contributed by atoms with Crippen LogP contribution in [0.3, 0.4) is 0 Å². The molecular formula is C15H8F5NO2S. The summed E-state index contributed by atoms with van der Waals surface area (Å²) in [6.45, 7) is 0. The Morgan fingerprint density at radius 1 is 1.21 bits per heavy atom. The van der Waals surface area contributed by atoms with Gasteiger partial charge < -0.3 is 4.42 Å². The summed E-state index contributed by atoms with van der Waals surface area (Å²) in [5.74, 6) is -2.64. The van der Waals surface area contributed by atoms with Crippen molar-refractivity contribution in [3.05, 3.63) is 51.7 Å². The Kier molecular flexibility index (Phi) is 4.12. The van der Waals surface area contributed by atoms with Crippen molar-refractivity contribution >= 4 is 28.1 Å². The first-order chi connectivity index (χ1) is 11.3. The third kappa shape index (κ3) is 3.16. The Bertz CT molecular complexity index is 912. The van der Waals surface area contributed by atoms with Crippen LogP contribution in [0, 0.1) is 11.6 Å². The van der Waals surface area contributed by atoms with Crippen molar-refractivity contribution in [2.75, 3.05) is 0 Å². The Hall–Kier alpha value is -2.29. The van der Waals surface area contributed by atoms with E-state index in [4.69, 9.17) is 4.42 Å². The highest BCUT2D eigenvalue weighted by atomic mass is 32.1. The molecule has 0 atom stereocenters. The Morgan fingerprint density at radius 3 is 2.62 bits per heavy atom. The van der Waals surface area contributed by atoms with E-state index in [9.17, 15) is 26.7 Å². The van der Waals surface area contributed by atoms with Crippen molar-refractivity contribution in [1.29, 1.82) is 0 Å². The zero-order valence-corrected chi connectivity index (χ0v) is 12.6. The van der Waals surface area contributed by atoms with Crippen molar-refractivity contribution in [2.45, 2.75) is 19.0 Å². The fourth-order valence-electron chi connectivity index (χ4n) is 2.20. The lowest BCUT2D eigenvalue weighted by molar-refractivity contribution is -0.134. The maximum Gasteiger partial charge on any atom is 0.427 e. The molecule has 3 rings (SSSR count). The standard InChI is InChI=1S/C15H8F5NO2S/c16-10-2-1-9-7(6-23-14(9)13(10)17)3-8(22)4-12-21-5-11(24-12)15(18,19)20/h1-2,5-6H,3-4H2. The van der Waals surface area contributed by atoms with Crippen LogP contribution in [-0.2, 0) is 23.8 Å². The fourth-order valence-corrected chi connectivity index (χ4v) is 3.01. The van der Waals surface area contributed by atoms with E-state index in [0.29, 0.717) is 23.1 Å². The second-order valence-corrected chi connectivity index (χ2v) is 6.12. The highest BCUT2D eigenvalue weighted by molar-refractivity contribution is 7.11. The molecule has 3 nitrogen and oxygen atoms in total. The van der Waals surface area contributed by atoms with Crippen LogP contribution in [0.1, 0.15) is 15.4 Å². The average Bonchev–Trinajstić information content (AvgIpc) is 3.10. The molecule has 0 bridgehead atoms. The molecule has 0 aliphatic carbocycles. The van der Waals surface area contributed by atoms with Crippen LogP contribution in [0.2, 0.25) is 0 Å². The lowest BCUT2D eigenvalue weighted by Crippen LogP contribution is -2.06. The normalized spacial score (nSPS) is 12.0. The maximum atomic E-state index is 13.5. The number of carbonyl (C=O) groups is 1. The van der Waals surface area contributed by atoms with Crippen molar-refractivity contribution in [3.8, 4) is 0 Å². The molecule has 24 heavy (non-hydrogen) atoms. The van der Waals surface area contributed by atoms with Gasteiger partial charge in [0.2, 0.25) is 5.82 Å². The summed E-state index contributed by atoms with van der Waals surface area (Å²) in [5.41, 5.74) is 0.0351. The topological polar surface area (TPSA) is 43.1 Å². The van der Waals surface area contributed by atoms with Gasteiger partial charge in [0.05, 0.1) is 18.9 Å². The zero-order chi connectivity index (χ0) is 17.5. The van der Waals surface area contributed by atoms with Gasteiger partial charge in [-0.25, -0.2) is 9.37 Å². The number of carbonyl (C=O) groups excluding carboxylic acids is 1. The minimum absolute atomic E-state index is 0.0392. The number of hydrogen-bond acceptors (Lipinski definition) is 4. The van der Waals surface area contributed by atoms with Gasteiger partial charge in [-0.1, -0.05) is 0 Å². The van der Waals surface area contributed by atoms with E-state index in [1.807, 2.05) is 0 Å². The molecule has 2 aromatic heterocycles. The molecule has 126 valence electrons. The molecule has 0 unspecified atom stereocenters. The largest absolute Gasteiger partial charge is 0.461 e. The summed E-state index contributed by atoms with van der Waals surface area (Å²) in [6, 6.07) is 2.20. The number of fused-ring (bicyclic) bond motifs is 1. The fraction of sp³-hybridized carbons (Fsp3) is 0.200. The SMILES string of the molecule is O=C(Cc1ncc(C(F)(F)F)s1)Cc1coc2c(F)c(F)ccc12. The number of furan rings is 1. The maximum absolute atomic E-state index is 13.5. The molecule has 9 heteroatoms. The van der Waals surface area contributed by atoms with Gasteiger partial charge in [0.25, 0.3) is 0 Å². The summed E-state index contributed by atoms with van der Waals surface area (Å²) < 4.78 is 69.1. The minimum Gasteiger partial charge on any atom is -0.461 e. The molecular weight excluding hydrogens is 353 g/mol. The van der Waals surface area contributed by atoms with Gasteiger partial charge in [-0.15, -0.1) is 11.3 Å². The summed E-state index contributed by atoms with van der Waals surface area (Å²) in [5, 5.41) is 0.287. The summed E-state index contributed by atoms with van der Waals surface area (Å²) >= 11 is 0.399. The Labute approximate surface area is 135 Å². The van der Waals surface area contributed by atoms with E-state index in [2.05, 4.69) is 4.98 Å². The van der Waals surface area contributed by atoms with Gasteiger partial charge in [-0.05, 0) is 12.1 Å². The monoisotopic (exact) mass is 361 g/mol. The number of halogens is 5. The van der Waals surface area contributed by atoms with Gasteiger partial charge >= 0.3 is 6.18 Å². The smallest absolute Gasteiger partial charge is 0.427 e. The first-order valence-corrected chi connectivity index (χ1v) is 7.45. The predicted molar refractivity (Wildman–Crippen MR) is 75.7 cm³/mol. The average molecular weight is 361 g/mol. The van der Waals surface area contributed by atoms with Gasteiger partial charge in [0.1, 0.15) is 15.7 Å². The van der Waals surface area contributed by atoms with E-state index in [0.717, 1.165) is 12.3 Å². The molecule has 0 saturated carbocycles. The molecule has 0 saturated heterocycles. The molecule has 0 N–H and O–H groups in total. The summed E-state index contributed by atoms with van der Waals surface area (Å²) in [4.78, 5) is 14.7. The van der Waals surface area contributed by atoms with Crippen LogP contribution in [0.15, 0.2) is 29.0 Å². The number of rotatable bonds is 4. The number of hydrogen-bond donors (Lipinski definition) is 0. The number of aromatic nitrogens is 1. The molecule has 0 aliphatic heterocycles. The first kappa shape index (κ1) is 16.6. The molecule has 1 aromatic carbocycles. The minimum atomic E-state index is -4.50. The Morgan fingerprint density at radius 2 is 1.96 bits per heavy atom. The molecule has 0 aliphatic rings. The van der Waals surface area contributed by atoms with Crippen LogP contribution >= 0.6 is 11.3 Å². The third-order valence-electron chi connectivity index (χ3n) is 3.28. The van der Waals surface area contributed by atoms with Crippen LogP contribution in [0.4, 0.5) is 22.0 Å². The zero-order valence-electron chi connectivity index (χ0n) is 11.8. The summed E-state index contributed by atoms with van der Waals surface area (Å²) in [7, 11) is 0. The van der Waals surface area contributed by atoms with Gasteiger partial charge in [-0.3, -0.25) is 4.79 Å². The second kappa shape index (κ2) is 5.97. The molecule has 0 amide bonds.